The predicted molar refractivity (Wildman–Crippen MR) is 72.4 cm³/mol. The molecule has 0 saturated carbocycles. The highest BCUT2D eigenvalue weighted by Gasteiger charge is 2.00. The standard InChI is InChI=1S/C14H17N3O/c1-11-4-2-5-12(8-11)13-9-16-14(17-10-13)15-6-3-7-18/h2,4-5,8-10,18H,3,6-7H2,1H3,(H,15,16,17). The van der Waals surface area contributed by atoms with Crippen LogP contribution >= 0.6 is 0 Å². The minimum absolute atomic E-state index is 0.175. The van der Waals surface area contributed by atoms with Gasteiger partial charge in [-0.25, -0.2) is 9.97 Å². The van der Waals surface area contributed by atoms with Crippen LogP contribution in [0.3, 0.4) is 0 Å². The molecule has 18 heavy (non-hydrogen) atoms. The highest BCUT2D eigenvalue weighted by molar-refractivity contribution is 5.62. The van der Waals surface area contributed by atoms with Gasteiger partial charge in [0, 0.05) is 31.1 Å². The maximum absolute atomic E-state index is 8.68. The maximum atomic E-state index is 8.68. The summed E-state index contributed by atoms with van der Waals surface area (Å²) >= 11 is 0. The van der Waals surface area contributed by atoms with E-state index in [0.717, 1.165) is 11.1 Å². The number of aliphatic hydroxyl groups is 1. The third-order valence-corrected chi connectivity index (χ3v) is 2.62. The molecule has 2 aromatic rings. The van der Waals surface area contributed by atoms with Crippen LogP contribution < -0.4 is 5.32 Å². The average Bonchev–Trinajstić information content (AvgIpc) is 2.40. The van der Waals surface area contributed by atoms with Gasteiger partial charge < -0.3 is 10.4 Å². The van der Waals surface area contributed by atoms with Crippen molar-refractivity contribution in [1.29, 1.82) is 0 Å². The van der Waals surface area contributed by atoms with Crippen LogP contribution in [0.1, 0.15) is 12.0 Å². The van der Waals surface area contributed by atoms with E-state index in [1.54, 1.807) is 0 Å². The summed E-state index contributed by atoms with van der Waals surface area (Å²) in [5.41, 5.74) is 3.35. The molecule has 4 nitrogen and oxygen atoms in total. The number of anilines is 1. The number of aliphatic hydroxyl groups excluding tert-OH is 1. The van der Waals surface area contributed by atoms with E-state index in [-0.39, 0.29) is 6.61 Å². The van der Waals surface area contributed by atoms with Crippen molar-refractivity contribution >= 4 is 5.95 Å². The van der Waals surface area contributed by atoms with Crippen LogP contribution in [0, 0.1) is 6.92 Å². The molecule has 0 fully saturated rings. The Morgan fingerprint density at radius 3 is 2.61 bits per heavy atom. The van der Waals surface area contributed by atoms with Gasteiger partial charge in [0.2, 0.25) is 5.95 Å². The molecule has 2 N–H and O–H groups in total. The second-order valence-electron chi connectivity index (χ2n) is 4.17. The number of hydrogen-bond donors (Lipinski definition) is 2. The van der Waals surface area contributed by atoms with Gasteiger partial charge in [0.05, 0.1) is 0 Å². The summed E-state index contributed by atoms with van der Waals surface area (Å²) in [7, 11) is 0. The fourth-order valence-electron chi connectivity index (χ4n) is 1.67. The molecule has 0 amide bonds. The van der Waals surface area contributed by atoms with Gasteiger partial charge in [-0.2, -0.15) is 0 Å². The molecule has 4 heteroatoms. The SMILES string of the molecule is Cc1cccc(-c2cnc(NCCCO)nc2)c1. The van der Waals surface area contributed by atoms with Crippen LogP contribution in [-0.2, 0) is 0 Å². The van der Waals surface area contributed by atoms with Gasteiger partial charge in [0.1, 0.15) is 0 Å². The summed E-state index contributed by atoms with van der Waals surface area (Å²) in [6, 6.07) is 8.25. The Morgan fingerprint density at radius 2 is 1.94 bits per heavy atom. The van der Waals surface area contributed by atoms with Gasteiger partial charge in [-0.15, -0.1) is 0 Å². The monoisotopic (exact) mass is 243 g/mol. The van der Waals surface area contributed by atoms with E-state index in [9.17, 15) is 0 Å². The number of aryl methyl sites for hydroxylation is 1. The lowest BCUT2D eigenvalue weighted by Crippen LogP contribution is -2.06. The lowest BCUT2D eigenvalue weighted by atomic mass is 10.1. The molecule has 2 rings (SSSR count). The molecule has 94 valence electrons. The zero-order valence-corrected chi connectivity index (χ0v) is 10.4. The van der Waals surface area contributed by atoms with Crippen LogP contribution in [0.2, 0.25) is 0 Å². The molecule has 0 aliphatic rings. The molecule has 0 atom stereocenters. The lowest BCUT2D eigenvalue weighted by molar-refractivity contribution is 0.292. The van der Waals surface area contributed by atoms with Crippen molar-refractivity contribution in [2.45, 2.75) is 13.3 Å². The number of nitrogens with one attached hydrogen (secondary N) is 1. The summed E-state index contributed by atoms with van der Waals surface area (Å²) in [5.74, 6) is 0.597. The summed E-state index contributed by atoms with van der Waals surface area (Å²) in [6.45, 7) is 2.92. The molecule has 0 aliphatic carbocycles. The summed E-state index contributed by atoms with van der Waals surface area (Å²) in [4.78, 5) is 8.51. The van der Waals surface area contributed by atoms with Gasteiger partial charge in [-0.3, -0.25) is 0 Å². The van der Waals surface area contributed by atoms with Crippen molar-refractivity contribution in [2.24, 2.45) is 0 Å². The summed E-state index contributed by atoms with van der Waals surface area (Å²) in [5, 5.41) is 11.7. The van der Waals surface area contributed by atoms with Gasteiger partial charge in [0.15, 0.2) is 0 Å². The van der Waals surface area contributed by atoms with Crippen molar-refractivity contribution in [3.8, 4) is 11.1 Å². The number of aromatic nitrogens is 2. The minimum Gasteiger partial charge on any atom is -0.396 e. The molecule has 0 spiro atoms. The first-order valence-electron chi connectivity index (χ1n) is 6.03. The fourth-order valence-corrected chi connectivity index (χ4v) is 1.67. The third-order valence-electron chi connectivity index (χ3n) is 2.62. The number of nitrogens with zero attached hydrogens (tertiary/aromatic N) is 2. The summed E-state index contributed by atoms with van der Waals surface area (Å²) in [6.07, 6.45) is 4.31. The lowest BCUT2D eigenvalue weighted by Gasteiger charge is -2.05. The van der Waals surface area contributed by atoms with Crippen molar-refractivity contribution in [3.63, 3.8) is 0 Å². The Hall–Kier alpha value is -1.94. The van der Waals surface area contributed by atoms with Crippen LogP contribution in [0.25, 0.3) is 11.1 Å². The molecule has 1 aromatic heterocycles. The Balaban J connectivity index is 2.07. The van der Waals surface area contributed by atoms with Gasteiger partial charge in [-0.1, -0.05) is 29.8 Å². The van der Waals surface area contributed by atoms with Crippen LogP contribution in [0.5, 0.6) is 0 Å². The topological polar surface area (TPSA) is 58.0 Å². The molecular weight excluding hydrogens is 226 g/mol. The van der Waals surface area contributed by atoms with Crippen LogP contribution in [0.4, 0.5) is 5.95 Å². The molecule has 0 aliphatic heterocycles. The quantitative estimate of drug-likeness (QED) is 0.791. The van der Waals surface area contributed by atoms with E-state index in [1.165, 1.54) is 5.56 Å². The largest absolute Gasteiger partial charge is 0.396 e. The Labute approximate surface area is 107 Å². The first-order valence-corrected chi connectivity index (χ1v) is 6.03. The zero-order valence-electron chi connectivity index (χ0n) is 10.4. The van der Waals surface area contributed by atoms with Gasteiger partial charge in [0.25, 0.3) is 0 Å². The molecule has 0 unspecified atom stereocenters. The minimum atomic E-state index is 0.175. The zero-order chi connectivity index (χ0) is 12.8. The van der Waals surface area contributed by atoms with E-state index in [4.69, 9.17) is 5.11 Å². The van der Waals surface area contributed by atoms with Gasteiger partial charge in [-0.05, 0) is 18.9 Å². The first kappa shape index (κ1) is 12.5. The van der Waals surface area contributed by atoms with E-state index in [0.29, 0.717) is 18.9 Å². The number of benzene rings is 1. The van der Waals surface area contributed by atoms with E-state index < -0.39 is 0 Å². The maximum Gasteiger partial charge on any atom is 0.222 e. The Bertz CT molecular complexity index is 497. The predicted octanol–water partition coefficient (Wildman–Crippen LogP) is 2.25. The second kappa shape index (κ2) is 6.12. The normalized spacial score (nSPS) is 10.3. The number of rotatable bonds is 5. The fraction of sp³-hybridized carbons (Fsp3) is 0.286. The highest BCUT2D eigenvalue weighted by Crippen LogP contribution is 2.18. The van der Waals surface area contributed by atoms with E-state index in [2.05, 4.69) is 34.3 Å². The van der Waals surface area contributed by atoms with Crippen LogP contribution in [-0.4, -0.2) is 28.2 Å². The molecule has 1 aromatic carbocycles. The highest BCUT2D eigenvalue weighted by atomic mass is 16.3. The Kier molecular flexibility index (Phi) is 4.25. The van der Waals surface area contributed by atoms with Crippen molar-refractivity contribution in [2.75, 3.05) is 18.5 Å². The number of hydrogen-bond acceptors (Lipinski definition) is 4. The molecule has 0 saturated heterocycles. The van der Waals surface area contributed by atoms with Crippen molar-refractivity contribution in [1.82, 2.24) is 9.97 Å². The first-order chi connectivity index (χ1) is 8.79. The van der Waals surface area contributed by atoms with Crippen molar-refractivity contribution in [3.05, 3.63) is 42.2 Å². The van der Waals surface area contributed by atoms with Gasteiger partial charge >= 0.3 is 0 Å². The molecule has 1 heterocycles. The summed E-state index contributed by atoms with van der Waals surface area (Å²) < 4.78 is 0. The van der Waals surface area contributed by atoms with E-state index in [1.807, 2.05) is 24.5 Å². The molecule has 0 radical (unpaired) electrons. The van der Waals surface area contributed by atoms with Crippen molar-refractivity contribution < 1.29 is 5.11 Å². The smallest absolute Gasteiger partial charge is 0.222 e. The molecule has 0 bridgehead atoms. The third kappa shape index (κ3) is 3.28. The van der Waals surface area contributed by atoms with E-state index >= 15 is 0 Å². The Morgan fingerprint density at radius 1 is 1.17 bits per heavy atom. The second-order valence-corrected chi connectivity index (χ2v) is 4.17. The van der Waals surface area contributed by atoms with Crippen LogP contribution in [0.15, 0.2) is 36.7 Å². The average molecular weight is 243 g/mol. The molecular formula is C14H17N3O.